The van der Waals surface area contributed by atoms with Gasteiger partial charge >= 0.3 is 5.97 Å². The van der Waals surface area contributed by atoms with E-state index >= 15 is 0 Å². The molecule has 2 aromatic carbocycles. The number of esters is 1. The van der Waals surface area contributed by atoms with Crippen LogP contribution in [0, 0.1) is 19.8 Å². The fourth-order valence-electron chi connectivity index (χ4n) is 3.54. The molecule has 1 N–H and O–H groups in total. The molecule has 1 aliphatic rings. The largest absolute Gasteiger partial charge is 0.455 e. The van der Waals surface area contributed by atoms with Crippen LogP contribution in [0.15, 0.2) is 46.9 Å². The number of carbonyl (C=O) groups is 3. The van der Waals surface area contributed by atoms with Crippen LogP contribution in [0.4, 0.5) is 5.69 Å². The average molecular weight is 473 g/mol. The van der Waals surface area contributed by atoms with Crippen molar-refractivity contribution in [1.82, 2.24) is 4.90 Å². The molecule has 1 aliphatic heterocycles. The number of rotatable bonds is 6. The molecule has 1 saturated heterocycles. The van der Waals surface area contributed by atoms with Crippen LogP contribution in [0.5, 0.6) is 0 Å². The molecule has 2 amide bonds. The highest BCUT2D eigenvalue weighted by molar-refractivity contribution is 9.10. The van der Waals surface area contributed by atoms with Gasteiger partial charge in [0.25, 0.3) is 5.91 Å². The van der Waals surface area contributed by atoms with Crippen molar-refractivity contribution in [1.29, 1.82) is 0 Å². The predicted molar refractivity (Wildman–Crippen MR) is 118 cm³/mol. The maximum absolute atomic E-state index is 12.4. The Hall–Kier alpha value is -2.67. The lowest BCUT2D eigenvalue weighted by Crippen LogP contribution is -2.30. The zero-order valence-corrected chi connectivity index (χ0v) is 18.9. The van der Waals surface area contributed by atoms with Gasteiger partial charge in [-0.05, 0) is 49.6 Å². The fourth-order valence-corrected chi connectivity index (χ4v) is 3.97. The fraction of sp³-hybridized carbons (Fsp3) is 0.348. The maximum Gasteiger partial charge on any atom is 0.311 e. The SMILES string of the molecule is Cc1c(Br)ccc(NC(=O)COC(=O)[C@@H]2CC(=O)N([C@@H](C)c3ccccc3)C2)c1C. The van der Waals surface area contributed by atoms with Crippen molar-refractivity contribution in [3.8, 4) is 0 Å². The molecule has 0 unspecified atom stereocenters. The molecule has 2 aromatic rings. The van der Waals surface area contributed by atoms with Crippen LogP contribution >= 0.6 is 15.9 Å². The Morgan fingerprint density at radius 1 is 1.17 bits per heavy atom. The molecule has 0 aliphatic carbocycles. The number of hydrogen-bond acceptors (Lipinski definition) is 4. The van der Waals surface area contributed by atoms with E-state index in [1.165, 1.54) is 0 Å². The third kappa shape index (κ3) is 4.90. The van der Waals surface area contributed by atoms with Crippen molar-refractivity contribution in [3.63, 3.8) is 0 Å². The third-order valence-corrected chi connectivity index (χ3v) is 6.44. The lowest BCUT2D eigenvalue weighted by molar-refractivity contribution is -0.151. The summed E-state index contributed by atoms with van der Waals surface area (Å²) in [4.78, 5) is 38.8. The monoisotopic (exact) mass is 472 g/mol. The number of anilines is 1. The van der Waals surface area contributed by atoms with Crippen LogP contribution in [-0.2, 0) is 19.1 Å². The molecule has 0 aromatic heterocycles. The first kappa shape index (κ1) is 22.0. The van der Waals surface area contributed by atoms with Gasteiger partial charge in [-0.2, -0.15) is 0 Å². The molecule has 1 heterocycles. The zero-order valence-electron chi connectivity index (χ0n) is 17.3. The standard InChI is InChI=1S/C23H25BrN2O4/c1-14-15(2)20(10-9-19(14)24)25-21(27)13-30-23(29)18-11-22(28)26(12-18)16(3)17-7-5-4-6-8-17/h4-10,16,18H,11-13H2,1-3H3,(H,25,27)/t16-,18+/m0/s1. The topological polar surface area (TPSA) is 75.7 Å². The van der Waals surface area contributed by atoms with Crippen LogP contribution in [0.3, 0.4) is 0 Å². The second-order valence-corrected chi connectivity index (χ2v) is 8.39. The van der Waals surface area contributed by atoms with Gasteiger partial charge in [0, 0.05) is 23.1 Å². The van der Waals surface area contributed by atoms with E-state index in [-0.39, 0.29) is 25.0 Å². The first-order chi connectivity index (χ1) is 14.3. The number of nitrogens with one attached hydrogen (secondary N) is 1. The first-order valence-electron chi connectivity index (χ1n) is 9.84. The summed E-state index contributed by atoms with van der Waals surface area (Å²) in [7, 11) is 0. The summed E-state index contributed by atoms with van der Waals surface area (Å²) in [6.07, 6.45) is 0.0998. The van der Waals surface area contributed by atoms with E-state index in [0.717, 1.165) is 21.2 Å². The minimum absolute atomic E-state index is 0.0845. The summed E-state index contributed by atoms with van der Waals surface area (Å²) in [6, 6.07) is 13.2. The molecule has 30 heavy (non-hydrogen) atoms. The Balaban J connectivity index is 1.53. The summed E-state index contributed by atoms with van der Waals surface area (Å²) in [5, 5.41) is 2.77. The van der Waals surface area contributed by atoms with Crippen molar-refractivity contribution >= 4 is 39.4 Å². The van der Waals surface area contributed by atoms with E-state index in [4.69, 9.17) is 4.74 Å². The number of nitrogens with zero attached hydrogens (tertiary/aromatic N) is 1. The van der Waals surface area contributed by atoms with Gasteiger partial charge < -0.3 is 15.0 Å². The van der Waals surface area contributed by atoms with Gasteiger partial charge in [0.05, 0.1) is 12.0 Å². The van der Waals surface area contributed by atoms with Crippen LogP contribution in [0.1, 0.15) is 36.1 Å². The lowest BCUT2D eigenvalue weighted by Gasteiger charge is -2.25. The first-order valence-corrected chi connectivity index (χ1v) is 10.6. The van der Waals surface area contributed by atoms with Gasteiger partial charge in [0.2, 0.25) is 5.91 Å². The number of amides is 2. The Morgan fingerprint density at radius 2 is 1.87 bits per heavy atom. The number of hydrogen-bond donors (Lipinski definition) is 1. The Bertz CT molecular complexity index is 961. The van der Waals surface area contributed by atoms with Gasteiger partial charge in [-0.1, -0.05) is 46.3 Å². The van der Waals surface area contributed by atoms with Crippen LogP contribution in [-0.4, -0.2) is 35.8 Å². The van der Waals surface area contributed by atoms with Crippen LogP contribution in [0.2, 0.25) is 0 Å². The molecule has 7 heteroatoms. The Kier molecular flexibility index (Phi) is 6.92. The molecule has 0 saturated carbocycles. The average Bonchev–Trinajstić information content (AvgIpc) is 3.14. The summed E-state index contributed by atoms with van der Waals surface area (Å²) in [5.41, 5.74) is 3.66. The summed E-state index contributed by atoms with van der Waals surface area (Å²) in [6.45, 7) is 5.71. The molecule has 3 rings (SSSR count). The molecule has 0 bridgehead atoms. The Labute approximate surface area is 184 Å². The van der Waals surface area contributed by atoms with Gasteiger partial charge in [0.1, 0.15) is 0 Å². The molecule has 0 spiro atoms. The van der Waals surface area contributed by atoms with Crippen molar-refractivity contribution in [2.75, 3.05) is 18.5 Å². The summed E-state index contributed by atoms with van der Waals surface area (Å²) >= 11 is 3.45. The number of benzene rings is 2. The zero-order chi connectivity index (χ0) is 21.8. The van der Waals surface area contributed by atoms with E-state index in [9.17, 15) is 14.4 Å². The number of carbonyl (C=O) groups excluding carboxylic acids is 3. The minimum atomic E-state index is -0.562. The Morgan fingerprint density at radius 3 is 2.57 bits per heavy atom. The van der Waals surface area contributed by atoms with Gasteiger partial charge in [0.15, 0.2) is 6.61 Å². The summed E-state index contributed by atoms with van der Waals surface area (Å²) in [5.74, 6) is -1.58. The van der Waals surface area contributed by atoms with E-state index in [0.29, 0.717) is 12.2 Å². The van der Waals surface area contributed by atoms with Crippen molar-refractivity contribution in [2.45, 2.75) is 33.2 Å². The highest BCUT2D eigenvalue weighted by Gasteiger charge is 2.38. The molecule has 1 fully saturated rings. The van der Waals surface area contributed by atoms with E-state index < -0.39 is 17.8 Å². The molecule has 2 atom stereocenters. The quantitative estimate of drug-likeness (QED) is 0.640. The van der Waals surface area contributed by atoms with Crippen LogP contribution in [0.25, 0.3) is 0 Å². The van der Waals surface area contributed by atoms with Crippen molar-refractivity contribution < 1.29 is 19.1 Å². The third-order valence-electron chi connectivity index (χ3n) is 5.58. The highest BCUT2D eigenvalue weighted by Crippen LogP contribution is 2.29. The molecular formula is C23H25BrN2O4. The summed E-state index contributed by atoms with van der Waals surface area (Å²) < 4.78 is 6.16. The van der Waals surface area contributed by atoms with E-state index in [2.05, 4.69) is 21.2 Å². The van der Waals surface area contributed by atoms with E-state index in [1.807, 2.05) is 57.2 Å². The second-order valence-electron chi connectivity index (χ2n) is 7.53. The number of ether oxygens (including phenoxy) is 1. The second kappa shape index (κ2) is 9.43. The normalized spacial score (nSPS) is 17.0. The molecule has 158 valence electrons. The van der Waals surface area contributed by atoms with Gasteiger partial charge in [-0.15, -0.1) is 0 Å². The van der Waals surface area contributed by atoms with Crippen LogP contribution < -0.4 is 5.32 Å². The lowest BCUT2D eigenvalue weighted by atomic mass is 10.1. The molecular weight excluding hydrogens is 448 g/mol. The molecule has 0 radical (unpaired) electrons. The van der Waals surface area contributed by atoms with Gasteiger partial charge in [-0.25, -0.2) is 0 Å². The smallest absolute Gasteiger partial charge is 0.311 e. The van der Waals surface area contributed by atoms with Crippen molar-refractivity contribution in [3.05, 3.63) is 63.6 Å². The van der Waals surface area contributed by atoms with Crippen molar-refractivity contribution in [2.24, 2.45) is 5.92 Å². The number of halogens is 1. The van der Waals surface area contributed by atoms with Gasteiger partial charge in [-0.3, -0.25) is 14.4 Å². The molecule has 6 nitrogen and oxygen atoms in total. The minimum Gasteiger partial charge on any atom is -0.455 e. The van der Waals surface area contributed by atoms with E-state index in [1.54, 1.807) is 11.0 Å². The maximum atomic E-state index is 12.4. The highest BCUT2D eigenvalue weighted by atomic mass is 79.9. The number of likely N-dealkylation sites (tertiary alicyclic amines) is 1. The predicted octanol–water partition coefficient (Wildman–Crippen LogP) is 4.16.